The smallest absolute Gasteiger partial charge is 0.243 e. The van der Waals surface area contributed by atoms with E-state index in [-0.39, 0.29) is 11.9 Å². The molecular formula is C14H21N3O. The molecule has 0 bridgehead atoms. The monoisotopic (exact) mass is 247 g/mol. The zero-order valence-electron chi connectivity index (χ0n) is 11.3. The van der Waals surface area contributed by atoms with Crippen molar-refractivity contribution in [2.75, 3.05) is 18.0 Å². The van der Waals surface area contributed by atoms with Gasteiger partial charge in [0.15, 0.2) is 0 Å². The van der Waals surface area contributed by atoms with Crippen molar-refractivity contribution in [3.05, 3.63) is 24.0 Å². The van der Waals surface area contributed by atoms with E-state index in [9.17, 15) is 4.79 Å². The van der Waals surface area contributed by atoms with Crippen LogP contribution in [0.5, 0.6) is 0 Å². The summed E-state index contributed by atoms with van der Waals surface area (Å²) in [7, 11) is 0. The van der Waals surface area contributed by atoms with Crippen molar-refractivity contribution in [3.8, 4) is 0 Å². The molecule has 0 radical (unpaired) electrons. The second-order valence-corrected chi connectivity index (χ2v) is 5.12. The van der Waals surface area contributed by atoms with Crippen molar-refractivity contribution in [1.29, 1.82) is 0 Å². The van der Waals surface area contributed by atoms with Gasteiger partial charge in [-0.05, 0) is 37.9 Å². The largest absolute Gasteiger partial charge is 0.310 e. The molecule has 98 valence electrons. The fourth-order valence-electron chi connectivity index (χ4n) is 2.14. The van der Waals surface area contributed by atoms with Gasteiger partial charge in [-0.25, -0.2) is 0 Å². The third-order valence-corrected chi connectivity index (χ3v) is 3.32. The predicted octanol–water partition coefficient (Wildman–Crippen LogP) is 1.92. The van der Waals surface area contributed by atoms with Gasteiger partial charge in [-0.2, -0.15) is 0 Å². The molecule has 2 heterocycles. The Kier molecular flexibility index (Phi) is 3.97. The second-order valence-electron chi connectivity index (χ2n) is 5.12. The molecule has 0 aromatic carbocycles. The van der Waals surface area contributed by atoms with Crippen molar-refractivity contribution >= 4 is 11.6 Å². The van der Waals surface area contributed by atoms with E-state index >= 15 is 0 Å². The molecule has 1 amide bonds. The molecule has 1 fully saturated rings. The number of hydrogen-bond donors (Lipinski definition) is 1. The number of rotatable bonds is 2. The Morgan fingerprint density at radius 3 is 2.83 bits per heavy atom. The molecular weight excluding hydrogens is 226 g/mol. The van der Waals surface area contributed by atoms with Crippen molar-refractivity contribution in [3.63, 3.8) is 0 Å². The molecule has 0 spiro atoms. The van der Waals surface area contributed by atoms with E-state index in [0.717, 1.165) is 30.9 Å². The fourth-order valence-corrected chi connectivity index (χ4v) is 2.14. The van der Waals surface area contributed by atoms with Crippen LogP contribution < -0.4 is 10.2 Å². The minimum atomic E-state index is -0.114. The van der Waals surface area contributed by atoms with E-state index in [1.165, 1.54) is 0 Å². The highest BCUT2D eigenvalue weighted by Crippen LogP contribution is 2.19. The number of pyridine rings is 1. The number of amides is 1. The Morgan fingerprint density at radius 2 is 2.22 bits per heavy atom. The van der Waals surface area contributed by atoms with Crippen molar-refractivity contribution < 1.29 is 4.79 Å². The van der Waals surface area contributed by atoms with Gasteiger partial charge < -0.3 is 10.2 Å². The molecule has 1 aromatic heterocycles. The van der Waals surface area contributed by atoms with Gasteiger partial charge in [0.05, 0.1) is 17.9 Å². The molecule has 2 rings (SSSR count). The average Bonchev–Trinajstić information content (AvgIpc) is 2.53. The zero-order chi connectivity index (χ0) is 13.1. The maximum Gasteiger partial charge on any atom is 0.243 e. The van der Waals surface area contributed by atoms with E-state index in [1.807, 2.05) is 30.2 Å². The van der Waals surface area contributed by atoms with E-state index in [0.29, 0.717) is 5.92 Å². The molecule has 4 nitrogen and oxygen atoms in total. The zero-order valence-corrected chi connectivity index (χ0v) is 11.3. The van der Waals surface area contributed by atoms with Gasteiger partial charge in [-0.15, -0.1) is 0 Å². The van der Waals surface area contributed by atoms with E-state index in [1.54, 1.807) is 0 Å². The number of carbonyl (C=O) groups is 1. The van der Waals surface area contributed by atoms with E-state index in [2.05, 4.69) is 24.1 Å². The third-order valence-electron chi connectivity index (χ3n) is 3.32. The Morgan fingerprint density at radius 1 is 1.44 bits per heavy atom. The van der Waals surface area contributed by atoms with E-state index < -0.39 is 0 Å². The van der Waals surface area contributed by atoms with Crippen LogP contribution in [0.2, 0.25) is 0 Å². The van der Waals surface area contributed by atoms with Crippen LogP contribution in [0.4, 0.5) is 5.69 Å². The normalized spacial score (nSPS) is 21.2. The summed E-state index contributed by atoms with van der Waals surface area (Å²) >= 11 is 0. The predicted molar refractivity (Wildman–Crippen MR) is 72.8 cm³/mol. The lowest BCUT2D eigenvalue weighted by Crippen LogP contribution is -2.41. The summed E-state index contributed by atoms with van der Waals surface area (Å²) in [6, 6.07) is 3.89. The summed E-state index contributed by atoms with van der Waals surface area (Å²) in [5, 5.41) is 3.21. The van der Waals surface area contributed by atoms with Crippen LogP contribution in [0.15, 0.2) is 18.3 Å². The Labute approximate surface area is 108 Å². The van der Waals surface area contributed by atoms with Gasteiger partial charge in [0.1, 0.15) is 0 Å². The van der Waals surface area contributed by atoms with Crippen LogP contribution in [0.1, 0.15) is 38.8 Å². The molecule has 1 aromatic rings. The molecule has 1 unspecified atom stereocenters. The first-order valence-electron chi connectivity index (χ1n) is 6.60. The minimum Gasteiger partial charge on any atom is -0.310 e. The molecule has 18 heavy (non-hydrogen) atoms. The van der Waals surface area contributed by atoms with E-state index in [4.69, 9.17) is 0 Å². The van der Waals surface area contributed by atoms with Crippen LogP contribution in [-0.2, 0) is 4.79 Å². The maximum atomic E-state index is 12.2. The van der Waals surface area contributed by atoms with Crippen LogP contribution in [0.3, 0.4) is 0 Å². The number of aromatic nitrogens is 1. The summed E-state index contributed by atoms with van der Waals surface area (Å²) in [6.45, 7) is 7.80. The maximum absolute atomic E-state index is 12.2. The van der Waals surface area contributed by atoms with Gasteiger partial charge in [0, 0.05) is 12.2 Å². The summed E-state index contributed by atoms with van der Waals surface area (Å²) < 4.78 is 0. The Hall–Kier alpha value is -1.42. The molecule has 1 aliphatic heterocycles. The SMILES string of the molecule is CC1NCCCN(c2ccc(C(C)C)nc2)C1=O. The summed E-state index contributed by atoms with van der Waals surface area (Å²) in [4.78, 5) is 18.5. The van der Waals surface area contributed by atoms with Gasteiger partial charge in [0.2, 0.25) is 5.91 Å². The summed E-state index contributed by atoms with van der Waals surface area (Å²) in [5.41, 5.74) is 1.96. The van der Waals surface area contributed by atoms with Crippen molar-refractivity contribution in [2.24, 2.45) is 0 Å². The standard InChI is InChI=1S/C14H21N3O/c1-10(2)13-6-5-12(9-16-13)17-8-4-7-15-11(3)14(17)18/h5-6,9-11,15H,4,7-8H2,1-3H3. The molecule has 1 saturated heterocycles. The lowest BCUT2D eigenvalue weighted by molar-refractivity contribution is -0.119. The molecule has 1 aliphatic rings. The highest BCUT2D eigenvalue weighted by molar-refractivity contribution is 5.97. The molecule has 0 saturated carbocycles. The molecule has 4 heteroatoms. The minimum absolute atomic E-state index is 0.114. The summed E-state index contributed by atoms with van der Waals surface area (Å²) in [5.74, 6) is 0.547. The Bertz CT molecular complexity index is 414. The highest BCUT2D eigenvalue weighted by Gasteiger charge is 2.24. The van der Waals surface area contributed by atoms with Crippen molar-refractivity contribution in [2.45, 2.75) is 39.2 Å². The quantitative estimate of drug-likeness (QED) is 0.868. The first-order valence-corrected chi connectivity index (χ1v) is 6.60. The average molecular weight is 247 g/mol. The molecule has 1 N–H and O–H groups in total. The lowest BCUT2D eigenvalue weighted by atomic mass is 10.1. The lowest BCUT2D eigenvalue weighted by Gasteiger charge is -2.22. The fraction of sp³-hybridized carbons (Fsp3) is 0.571. The van der Waals surface area contributed by atoms with Gasteiger partial charge in [-0.1, -0.05) is 13.8 Å². The molecule has 1 atom stereocenters. The van der Waals surface area contributed by atoms with Gasteiger partial charge in [0.25, 0.3) is 0 Å². The first kappa shape index (κ1) is 13.0. The third kappa shape index (κ3) is 2.70. The second kappa shape index (κ2) is 5.48. The van der Waals surface area contributed by atoms with Crippen molar-refractivity contribution in [1.82, 2.24) is 10.3 Å². The van der Waals surface area contributed by atoms with Crippen LogP contribution >= 0.6 is 0 Å². The van der Waals surface area contributed by atoms with Gasteiger partial charge >= 0.3 is 0 Å². The first-order chi connectivity index (χ1) is 8.59. The molecule has 0 aliphatic carbocycles. The highest BCUT2D eigenvalue weighted by atomic mass is 16.2. The number of carbonyl (C=O) groups excluding carboxylic acids is 1. The van der Waals surface area contributed by atoms with Crippen LogP contribution in [0, 0.1) is 0 Å². The number of hydrogen-bond acceptors (Lipinski definition) is 3. The van der Waals surface area contributed by atoms with Crippen LogP contribution in [0.25, 0.3) is 0 Å². The van der Waals surface area contributed by atoms with Crippen LogP contribution in [-0.4, -0.2) is 30.0 Å². The van der Waals surface area contributed by atoms with Gasteiger partial charge in [-0.3, -0.25) is 9.78 Å². The number of nitrogens with zero attached hydrogens (tertiary/aromatic N) is 2. The number of nitrogens with one attached hydrogen (secondary N) is 1. The topological polar surface area (TPSA) is 45.2 Å². The Balaban J connectivity index is 2.21. The number of anilines is 1. The summed E-state index contributed by atoms with van der Waals surface area (Å²) in [6.07, 6.45) is 2.79.